The maximum atomic E-state index is 10.4. The van der Waals surface area contributed by atoms with Gasteiger partial charge in [0.1, 0.15) is 18.5 Å². The monoisotopic (exact) mass is 341 g/mol. The summed E-state index contributed by atoms with van der Waals surface area (Å²) in [5.41, 5.74) is -0.329. The SMILES string of the molecule is CC1(C)CC(O)CC(C)(C)N1CC(O)COc1ccc(Cl)cc1. The van der Waals surface area contributed by atoms with Crippen molar-refractivity contribution in [2.24, 2.45) is 0 Å². The van der Waals surface area contributed by atoms with Gasteiger partial charge in [0.25, 0.3) is 0 Å². The minimum absolute atomic E-state index is 0.164. The molecule has 1 aliphatic rings. The number of benzene rings is 1. The van der Waals surface area contributed by atoms with E-state index in [4.69, 9.17) is 16.3 Å². The molecule has 0 radical (unpaired) electrons. The third-order valence-corrected chi connectivity index (χ3v) is 4.83. The van der Waals surface area contributed by atoms with Gasteiger partial charge in [0.2, 0.25) is 0 Å². The molecule has 0 aromatic heterocycles. The predicted molar refractivity (Wildman–Crippen MR) is 93.1 cm³/mol. The molecule has 1 fully saturated rings. The van der Waals surface area contributed by atoms with Gasteiger partial charge in [-0.05, 0) is 64.8 Å². The van der Waals surface area contributed by atoms with Crippen LogP contribution < -0.4 is 4.74 Å². The second kappa shape index (κ2) is 6.98. The van der Waals surface area contributed by atoms with Crippen LogP contribution in [0.25, 0.3) is 0 Å². The molecule has 0 saturated carbocycles. The highest BCUT2D eigenvalue weighted by Gasteiger charge is 2.45. The summed E-state index contributed by atoms with van der Waals surface area (Å²) in [6, 6.07) is 7.11. The first-order valence-corrected chi connectivity index (χ1v) is 8.50. The Labute approximate surface area is 144 Å². The number of aliphatic hydroxyl groups excluding tert-OH is 2. The third-order valence-electron chi connectivity index (χ3n) is 4.58. The molecule has 2 rings (SSSR count). The highest BCUT2D eigenvalue weighted by molar-refractivity contribution is 6.30. The van der Waals surface area contributed by atoms with E-state index < -0.39 is 6.10 Å². The van der Waals surface area contributed by atoms with Crippen LogP contribution >= 0.6 is 11.6 Å². The van der Waals surface area contributed by atoms with Crippen molar-refractivity contribution in [3.8, 4) is 5.75 Å². The van der Waals surface area contributed by atoms with Crippen molar-refractivity contribution in [3.63, 3.8) is 0 Å². The van der Waals surface area contributed by atoms with Gasteiger partial charge in [0.05, 0.1) is 6.10 Å². The third kappa shape index (κ3) is 4.83. The molecule has 1 aromatic rings. The van der Waals surface area contributed by atoms with Crippen LogP contribution in [0.2, 0.25) is 5.02 Å². The summed E-state index contributed by atoms with van der Waals surface area (Å²) in [5, 5.41) is 21.1. The summed E-state index contributed by atoms with van der Waals surface area (Å²) in [6.07, 6.45) is 0.528. The lowest BCUT2D eigenvalue weighted by Gasteiger charge is -2.54. The Morgan fingerprint density at radius 1 is 1.17 bits per heavy atom. The number of β-amino-alcohol motifs (C(OH)–C–C–N with tert-alkyl or cyclic N) is 1. The van der Waals surface area contributed by atoms with Crippen molar-refractivity contribution in [1.29, 1.82) is 0 Å². The Bertz CT molecular complexity index is 498. The molecule has 130 valence electrons. The smallest absolute Gasteiger partial charge is 0.119 e. The normalized spacial score (nSPS) is 22.7. The number of hydrogen-bond acceptors (Lipinski definition) is 4. The van der Waals surface area contributed by atoms with Crippen LogP contribution in [0, 0.1) is 0 Å². The first kappa shape index (κ1) is 18.5. The van der Waals surface area contributed by atoms with Gasteiger partial charge in [0, 0.05) is 22.6 Å². The largest absolute Gasteiger partial charge is 0.491 e. The number of nitrogens with zero attached hydrogens (tertiary/aromatic N) is 1. The number of ether oxygens (including phenoxy) is 1. The van der Waals surface area contributed by atoms with Crippen molar-refractivity contribution in [1.82, 2.24) is 4.90 Å². The molecule has 1 aliphatic heterocycles. The number of rotatable bonds is 5. The number of piperidine rings is 1. The zero-order valence-corrected chi connectivity index (χ0v) is 15.2. The summed E-state index contributed by atoms with van der Waals surface area (Å²) >= 11 is 5.85. The zero-order chi connectivity index (χ0) is 17.3. The highest BCUT2D eigenvalue weighted by Crippen LogP contribution is 2.38. The molecule has 0 amide bonds. The molecule has 1 saturated heterocycles. The van der Waals surface area contributed by atoms with Crippen LogP contribution in [0.5, 0.6) is 5.75 Å². The summed E-state index contributed by atoms with van der Waals surface area (Å²) in [6.45, 7) is 9.20. The standard InChI is InChI=1S/C18H28ClNO3/c1-17(2)9-14(21)10-18(3,4)20(17)11-15(22)12-23-16-7-5-13(19)6-8-16/h5-8,14-15,21-22H,9-12H2,1-4H3. The fourth-order valence-corrected chi connectivity index (χ4v) is 3.87. The average Bonchev–Trinajstić information content (AvgIpc) is 2.41. The predicted octanol–water partition coefficient (Wildman–Crippen LogP) is 3.09. The van der Waals surface area contributed by atoms with E-state index >= 15 is 0 Å². The van der Waals surface area contributed by atoms with Crippen LogP contribution in [0.1, 0.15) is 40.5 Å². The van der Waals surface area contributed by atoms with Gasteiger partial charge >= 0.3 is 0 Å². The summed E-state index contributed by atoms with van der Waals surface area (Å²) in [5.74, 6) is 0.695. The van der Waals surface area contributed by atoms with Crippen LogP contribution in [-0.2, 0) is 0 Å². The van der Waals surface area contributed by atoms with Crippen LogP contribution in [-0.4, -0.2) is 51.6 Å². The van der Waals surface area contributed by atoms with E-state index in [0.29, 0.717) is 30.2 Å². The fourth-order valence-electron chi connectivity index (χ4n) is 3.75. The van der Waals surface area contributed by atoms with Crippen molar-refractivity contribution in [2.45, 2.75) is 63.8 Å². The maximum absolute atomic E-state index is 10.4. The summed E-state index contributed by atoms with van der Waals surface area (Å²) in [4.78, 5) is 2.28. The van der Waals surface area contributed by atoms with E-state index in [9.17, 15) is 10.2 Å². The minimum Gasteiger partial charge on any atom is -0.491 e. The Kier molecular flexibility index (Phi) is 5.62. The Morgan fingerprint density at radius 3 is 2.22 bits per heavy atom. The second-order valence-corrected chi connectivity index (χ2v) is 8.15. The van der Waals surface area contributed by atoms with Gasteiger partial charge in [-0.15, -0.1) is 0 Å². The van der Waals surface area contributed by atoms with E-state index in [0.717, 1.165) is 0 Å². The lowest BCUT2D eigenvalue weighted by molar-refractivity contribution is -0.1000. The molecule has 4 nitrogen and oxygen atoms in total. The topological polar surface area (TPSA) is 52.9 Å². The molecule has 0 spiro atoms. The minimum atomic E-state index is -0.598. The van der Waals surface area contributed by atoms with Crippen molar-refractivity contribution < 1.29 is 14.9 Å². The van der Waals surface area contributed by atoms with Crippen molar-refractivity contribution in [2.75, 3.05) is 13.2 Å². The van der Waals surface area contributed by atoms with Crippen molar-refractivity contribution in [3.05, 3.63) is 29.3 Å². The molecular formula is C18H28ClNO3. The van der Waals surface area contributed by atoms with Crippen LogP contribution in [0.15, 0.2) is 24.3 Å². The van der Waals surface area contributed by atoms with Gasteiger partial charge in [-0.25, -0.2) is 0 Å². The fraction of sp³-hybridized carbons (Fsp3) is 0.667. The number of likely N-dealkylation sites (tertiary alicyclic amines) is 1. The van der Waals surface area contributed by atoms with Crippen LogP contribution in [0.4, 0.5) is 0 Å². The van der Waals surface area contributed by atoms with Crippen LogP contribution in [0.3, 0.4) is 0 Å². The molecule has 1 heterocycles. The van der Waals surface area contributed by atoms with E-state index in [1.165, 1.54) is 0 Å². The summed E-state index contributed by atoms with van der Waals surface area (Å²) < 4.78 is 5.64. The van der Waals surface area contributed by atoms with Gasteiger partial charge in [-0.1, -0.05) is 11.6 Å². The zero-order valence-electron chi connectivity index (χ0n) is 14.4. The maximum Gasteiger partial charge on any atom is 0.119 e. The number of hydrogen-bond donors (Lipinski definition) is 2. The van der Waals surface area contributed by atoms with E-state index in [2.05, 4.69) is 32.6 Å². The first-order valence-electron chi connectivity index (χ1n) is 8.12. The Hall–Kier alpha value is -0.810. The summed E-state index contributed by atoms with van der Waals surface area (Å²) in [7, 11) is 0. The molecule has 0 aliphatic carbocycles. The quantitative estimate of drug-likeness (QED) is 0.864. The van der Waals surface area contributed by atoms with E-state index in [1.54, 1.807) is 24.3 Å². The molecule has 5 heteroatoms. The van der Waals surface area contributed by atoms with E-state index in [-0.39, 0.29) is 23.8 Å². The molecule has 0 bridgehead atoms. The Morgan fingerprint density at radius 2 is 1.70 bits per heavy atom. The lowest BCUT2D eigenvalue weighted by Crippen LogP contribution is -2.63. The number of halogens is 1. The molecular weight excluding hydrogens is 314 g/mol. The van der Waals surface area contributed by atoms with Gasteiger partial charge < -0.3 is 14.9 Å². The van der Waals surface area contributed by atoms with E-state index in [1.807, 2.05) is 0 Å². The average molecular weight is 342 g/mol. The second-order valence-electron chi connectivity index (χ2n) is 7.72. The molecule has 1 aromatic carbocycles. The Balaban J connectivity index is 1.95. The molecule has 1 atom stereocenters. The van der Waals surface area contributed by atoms with Gasteiger partial charge in [-0.2, -0.15) is 0 Å². The number of aliphatic hydroxyl groups is 2. The van der Waals surface area contributed by atoms with Gasteiger partial charge in [-0.3, -0.25) is 4.90 Å². The van der Waals surface area contributed by atoms with Gasteiger partial charge in [0.15, 0.2) is 0 Å². The molecule has 2 N–H and O–H groups in total. The lowest BCUT2D eigenvalue weighted by atomic mass is 9.78. The molecule has 23 heavy (non-hydrogen) atoms. The molecule has 1 unspecified atom stereocenters. The van der Waals surface area contributed by atoms with Crippen molar-refractivity contribution >= 4 is 11.6 Å². The highest BCUT2D eigenvalue weighted by atomic mass is 35.5. The first-order chi connectivity index (χ1) is 10.6.